The summed E-state index contributed by atoms with van der Waals surface area (Å²) in [6.07, 6.45) is 2.99. The molecule has 1 aliphatic carbocycles. The largest absolute Gasteiger partial charge is 0.465 e. The summed E-state index contributed by atoms with van der Waals surface area (Å²) < 4.78 is 7.46. The molecule has 6 nitrogen and oxygen atoms in total. The van der Waals surface area contributed by atoms with Crippen LogP contribution in [0.3, 0.4) is 0 Å². The summed E-state index contributed by atoms with van der Waals surface area (Å²) in [4.78, 5) is 26.5. The number of ketones is 1. The Bertz CT molecular complexity index is 869. The Labute approximate surface area is 167 Å². The van der Waals surface area contributed by atoms with E-state index in [4.69, 9.17) is 4.74 Å². The number of esters is 1. The van der Waals surface area contributed by atoms with Crippen molar-refractivity contribution < 1.29 is 14.3 Å². The van der Waals surface area contributed by atoms with Crippen LogP contribution >= 0.6 is 0 Å². The van der Waals surface area contributed by atoms with Gasteiger partial charge in [-0.15, -0.1) is 0 Å². The highest BCUT2D eigenvalue weighted by molar-refractivity contribution is 5.97. The van der Waals surface area contributed by atoms with Gasteiger partial charge in [-0.3, -0.25) is 9.59 Å². The molecule has 1 aliphatic heterocycles. The van der Waals surface area contributed by atoms with Crippen molar-refractivity contribution >= 4 is 17.6 Å². The number of fused-ring (bicyclic) bond motifs is 2. The van der Waals surface area contributed by atoms with Gasteiger partial charge in [0.05, 0.1) is 18.1 Å². The molecule has 1 aromatic rings. The first kappa shape index (κ1) is 20.4. The summed E-state index contributed by atoms with van der Waals surface area (Å²) in [5.74, 6) is -0.160. The maximum atomic E-state index is 13.3. The predicted molar refractivity (Wildman–Crippen MR) is 107 cm³/mol. The Kier molecular flexibility index (Phi) is 4.65. The van der Waals surface area contributed by atoms with Crippen molar-refractivity contribution in [1.82, 2.24) is 4.57 Å². The lowest BCUT2D eigenvalue weighted by atomic mass is 9.57. The Morgan fingerprint density at radius 2 is 2.04 bits per heavy atom. The number of aromatic nitrogens is 1. The number of hydrogen-bond donors (Lipinski definition) is 1. The van der Waals surface area contributed by atoms with E-state index in [9.17, 15) is 14.9 Å². The van der Waals surface area contributed by atoms with Gasteiger partial charge >= 0.3 is 5.97 Å². The minimum absolute atomic E-state index is 0.0577. The van der Waals surface area contributed by atoms with Gasteiger partial charge < -0.3 is 14.6 Å². The lowest BCUT2D eigenvalue weighted by Crippen LogP contribution is -2.59. The molecule has 0 bridgehead atoms. The summed E-state index contributed by atoms with van der Waals surface area (Å²) in [6.45, 7) is 14.1. The van der Waals surface area contributed by atoms with Gasteiger partial charge in [-0.1, -0.05) is 13.8 Å². The van der Waals surface area contributed by atoms with Crippen LogP contribution in [0.2, 0.25) is 0 Å². The molecule has 6 heteroatoms. The van der Waals surface area contributed by atoms with Crippen molar-refractivity contribution in [2.75, 3.05) is 11.9 Å². The van der Waals surface area contributed by atoms with Crippen molar-refractivity contribution in [3.8, 4) is 6.07 Å². The van der Waals surface area contributed by atoms with E-state index in [1.165, 1.54) is 0 Å². The van der Waals surface area contributed by atoms with Gasteiger partial charge in [-0.2, -0.15) is 5.26 Å². The van der Waals surface area contributed by atoms with E-state index in [-0.39, 0.29) is 29.4 Å². The van der Waals surface area contributed by atoms with E-state index in [1.807, 2.05) is 4.57 Å². The zero-order valence-corrected chi connectivity index (χ0v) is 18.0. The lowest BCUT2D eigenvalue weighted by molar-refractivity contribution is -0.157. The van der Waals surface area contributed by atoms with Gasteiger partial charge in [0.2, 0.25) is 0 Å². The number of carbonyl (C=O) groups excluding carboxylic acids is 2. The first-order valence-corrected chi connectivity index (χ1v) is 9.99. The van der Waals surface area contributed by atoms with E-state index >= 15 is 0 Å². The van der Waals surface area contributed by atoms with Gasteiger partial charge in [-0.25, -0.2) is 0 Å². The Morgan fingerprint density at radius 1 is 1.39 bits per heavy atom. The zero-order chi connectivity index (χ0) is 21.1. The maximum absolute atomic E-state index is 13.3. The van der Waals surface area contributed by atoms with Crippen LogP contribution in [0.5, 0.6) is 0 Å². The molecule has 2 aliphatic rings. The molecule has 0 saturated heterocycles. The molecule has 1 aromatic heterocycles. The summed E-state index contributed by atoms with van der Waals surface area (Å²) in [5.41, 5.74) is -0.601. The number of hydrogen-bond acceptors (Lipinski definition) is 5. The molecule has 2 heterocycles. The number of rotatable bonds is 2. The van der Waals surface area contributed by atoms with Gasteiger partial charge in [0.15, 0.2) is 0 Å². The highest BCUT2D eigenvalue weighted by atomic mass is 16.5. The normalized spacial score (nSPS) is 28.6. The molecule has 1 saturated carbocycles. The number of Topliss-reactive ketones (excluding diaryl/α,β-unsaturated/α-hetero) is 1. The number of anilines is 1. The SMILES string of the molecule is CCOC(=O)[C@]1(C)c2c(C#N)cn(C(C)(C)C)c2N[C@H]2CC(C)(C)CC(=O)[C@@H]21. The molecule has 152 valence electrons. The van der Waals surface area contributed by atoms with Gasteiger partial charge in [-0.05, 0) is 46.5 Å². The number of carbonyl (C=O) groups is 2. The van der Waals surface area contributed by atoms with Crippen LogP contribution in [0.15, 0.2) is 6.20 Å². The second kappa shape index (κ2) is 6.37. The van der Waals surface area contributed by atoms with E-state index in [0.29, 0.717) is 17.5 Å². The topological polar surface area (TPSA) is 84.1 Å². The Morgan fingerprint density at radius 3 is 2.57 bits per heavy atom. The molecule has 0 spiro atoms. The number of nitriles is 1. The Hall–Kier alpha value is -2.29. The van der Waals surface area contributed by atoms with Crippen LogP contribution in [-0.2, 0) is 25.3 Å². The lowest BCUT2D eigenvalue weighted by Gasteiger charge is -2.50. The van der Waals surface area contributed by atoms with Crippen LogP contribution in [0, 0.1) is 22.7 Å². The van der Waals surface area contributed by atoms with E-state index in [2.05, 4.69) is 46.0 Å². The van der Waals surface area contributed by atoms with E-state index in [0.717, 1.165) is 12.2 Å². The average molecular weight is 386 g/mol. The fourth-order valence-electron chi connectivity index (χ4n) is 5.08. The summed E-state index contributed by atoms with van der Waals surface area (Å²) in [5, 5.41) is 13.4. The molecule has 0 amide bonds. The van der Waals surface area contributed by atoms with Crippen LogP contribution in [0.1, 0.15) is 72.4 Å². The molecular formula is C22H31N3O3. The summed E-state index contributed by atoms with van der Waals surface area (Å²) >= 11 is 0. The first-order valence-electron chi connectivity index (χ1n) is 9.99. The predicted octanol–water partition coefficient (Wildman–Crippen LogP) is 3.73. The fourth-order valence-corrected chi connectivity index (χ4v) is 5.08. The monoisotopic (exact) mass is 385 g/mol. The molecule has 1 fully saturated rings. The zero-order valence-electron chi connectivity index (χ0n) is 18.0. The van der Waals surface area contributed by atoms with Crippen molar-refractivity contribution in [1.29, 1.82) is 5.26 Å². The Balaban J connectivity index is 2.31. The van der Waals surface area contributed by atoms with Crippen LogP contribution in [0.4, 0.5) is 5.82 Å². The average Bonchev–Trinajstić information content (AvgIpc) is 2.92. The molecule has 3 rings (SSSR count). The third-order valence-corrected chi connectivity index (χ3v) is 6.19. The summed E-state index contributed by atoms with van der Waals surface area (Å²) in [6, 6.07) is 2.07. The number of ether oxygens (including phenoxy) is 1. The van der Waals surface area contributed by atoms with E-state index < -0.39 is 17.3 Å². The number of nitrogens with one attached hydrogen (secondary N) is 1. The van der Waals surface area contributed by atoms with Crippen LogP contribution in [-0.4, -0.2) is 29.0 Å². The molecule has 0 radical (unpaired) electrons. The quantitative estimate of drug-likeness (QED) is 0.784. The molecular weight excluding hydrogens is 354 g/mol. The van der Waals surface area contributed by atoms with Gasteiger partial charge in [0, 0.05) is 29.8 Å². The van der Waals surface area contributed by atoms with Gasteiger partial charge in [0.1, 0.15) is 23.1 Å². The summed E-state index contributed by atoms with van der Waals surface area (Å²) in [7, 11) is 0. The molecule has 28 heavy (non-hydrogen) atoms. The maximum Gasteiger partial charge on any atom is 0.317 e. The van der Waals surface area contributed by atoms with Crippen molar-refractivity contribution in [2.45, 2.75) is 78.3 Å². The highest BCUT2D eigenvalue weighted by Crippen LogP contribution is 2.53. The highest BCUT2D eigenvalue weighted by Gasteiger charge is 2.60. The fraction of sp³-hybridized carbons (Fsp3) is 0.682. The smallest absolute Gasteiger partial charge is 0.317 e. The second-order valence-electron chi connectivity index (χ2n) is 10.1. The first-order chi connectivity index (χ1) is 12.9. The van der Waals surface area contributed by atoms with E-state index in [1.54, 1.807) is 20.0 Å². The van der Waals surface area contributed by atoms with Crippen molar-refractivity contribution in [3.05, 3.63) is 17.3 Å². The molecule has 0 aromatic carbocycles. The second-order valence-corrected chi connectivity index (χ2v) is 10.1. The minimum Gasteiger partial charge on any atom is -0.465 e. The van der Waals surface area contributed by atoms with Gasteiger partial charge in [0.25, 0.3) is 0 Å². The molecule has 0 unspecified atom stereocenters. The minimum atomic E-state index is -1.18. The van der Waals surface area contributed by atoms with Crippen LogP contribution < -0.4 is 5.32 Å². The third kappa shape index (κ3) is 2.92. The molecule has 3 atom stereocenters. The third-order valence-electron chi connectivity index (χ3n) is 6.19. The number of nitrogens with zero attached hydrogens (tertiary/aromatic N) is 2. The standard InChI is InChI=1S/C22H31N3O3/c1-8-28-19(27)22(7)16-13(11-23)12-25(20(2,3)4)18(16)24-14-9-21(5,6)10-15(26)17(14)22/h12,14,17,24H,8-10H2,1-7H3/t14-,17+,22+/m0/s1. The molecule has 1 N–H and O–H groups in total. The van der Waals surface area contributed by atoms with Crippen molar-refractivity contribution in [3.63, 3.8) is 0 Å². The van der Waals surface area contributed by atoms with Crippen LogP contribution in [0.25, 0.3) is 0 Å². The van der Waals surface area contributed by atoms with Crippen molar-refractivity contribution in [2.24, 2.45) is 11.3 Å².